The highest BCUT2D eigenvalue weighted by atomic mass is 19.1. The van der Waals surface area contributed by atoms with Crippen LogP contribution in [-0.4, -0.2) is 27.8 Å². The van der Waals surface area contributed by atoms with Crippen LogP contribution in [0.3, 0.4) is 0 Å². The van der Waals surface area contributed by atoms with Crippen LogP contribution in [0.1, 0.15) is 18.1 Å². The van der Waals surface area contributed by atoms with Gasteiger partial charge in [-0.15, -0.1) is 0 Å². The molecule has 0 amide bonds. The van der Waals surface area contributed by atoms with Crippen molar-refractivity contribution in [1.29, 1.82) is 0 Å². The fraction of sp³-hybridized carbons (Fsp3) is 0.400. The molecule has 0 spiro atoms. The van der Waals surface area contributed by atoms with Crippen LogP contribution < -0.4 is 5.73 Å². The number of non-ortho nitro benzene ring substituents is 1. The number of hydrogen-bond acceptors (Lipinski definition) is 5. The van der Waals surface area contributed by atoms with Crippen molar-refractivity contribution in [2.45, 2.75) is 18.6 Å². The molecule has 2 atom stereocenters. The molecular weight excluding hydrogens is 231 g/mol. The van der Waals surface area contributed by atoms with Gasteiger partial charge in [-0.25, -0.2) is 4.39 Å². The molecule has 0 aliphatic heterocycles. The van der Waals surface area contributed by atoms with Crippen LogP contribution in [0.25, 0.3) is 0 Å². The Labute approximate surface area is 96.6 Å². The van der Waals surface area contributed by atoms with Crippen molar-refractivity contribution in [3.63, 3.8) is 0 Å². The number of rotatable bonds is 5. The molecule has 7 heteroatoms. The Morgan fingerprint density at radius 1 is 1.41 bits per heavy atom. The number of aliphatic hydroxyl groups is 2. The predicted octanol–water partition coefficient (Wildman–Crippen LogP) is 0.477. The molecule has 0 aliphatic carbocycles. The zero-order chi connectivity index (χ0) is 13.0. The Bertz CT molecular complexity index is 413. The monoisotopic (exact) mass is 244 g/mol. The van der Waals surface area contributed by atoms with Gasteiger partial charge in [0.15, 0.2) is 0 Å². The number of hydrogen-bond donors (Lipinski definition) is 3. The molecule has 0 heterocycles. The van der Waals surface area contributed by atoms with Gasteiger partial charge in [0, 0.05) is 6.07 Å². The van der Waals surface area contributed by atoms with E-state index in [-0.39, 0.29) is 18.5 Å². The second kappa shape index (κ2) is 5.67. The topological polar surface area (TPSA) is 110 Å². The van der Waals surface area contributed by atoms with Gasteiger partial charge < -0.3 is 15.9 Å². The van der Waals surface area contributed by atoms with Crippen LogP contribution in [0, 0.1) is 15.9 Å². The summed E-state index contributed by atoms with van der Waals surface area (Å²) in [7, 11) is 0. The summed E-state index contributed by atoms with van der Waals surface area (Å²) in [6.45, 7) is 0.148. The number of benzene rings is 1. The number of nitro benzene ring substituents is 1. The van der Waals surface area contributed by atoms with Crippen LogP contribution in [0.2, 0.25) is 0 Å². The Balaban J connectivity index is 3.01. The number of aliphatic hydroxyl groups excluding tert-OH is 2. The molecule has 17 heavy (non-hydrogen) atoms. The van der Waals surface area contributed by atoms with Crippen molar-refractivity contribution in [1.82, 2.24) is 0 Å². The summed E-state index contributed by atoms with van der Waals surface area (Å²) in [5, 5.41) is 29.6. The summed E-state index contributed by atoms with van der Waals surface area (Å²) < 4.78 is 13.1. The molecule has 0 aliphatic rings. The number of halogens is 1. The normalized spacial score (nSPS) is 14.4. The fourth-order valence-electron chi connectivity index (χ4n) is 1.42. The average Bonchev–Trinajstić information content (AvgIpc) is 2.27. The molecule has 1 aromatic rings. The van der Waals surface area contributed by atoms with E-state index in [1.54, 1.807) is 0 Å². The third-order valence-electron chi connectivity index (χ3n) is 2.28. The molecule has 1 aromatic carbocycles. The summed E-state index contributed by atoms with van der Waals surface area (Å²) in [6.07, 6.45) is -2.46. The lowest BCUT2D eigenvalue weighted by molar-refractivity contribution is -0.385. The lowest BCUT2D eigenvalue weighted by Gasteiger charge is -2.17. The second-order valence-corrected chi connectivity index (χ2v) is 3.59. The zero-order valence-electron chi connectivity index (χ0n) is 8.91. The summed E-state index contributed by atoms with van der Waals surface area (Å²) in [6, 6.07) is 2.70. The van der Waals surface area contributed by atoms with E-state index in [4.69, 9.17) is 5.73 Å². The molecule has 6 nitrogen and oxygen atoms in total. The van der Waals surface area contributed by atoms with E-state index >= 15 is 0 Å². The van der Waals surface area contributed by atoms with Crippen LogP contribution in [0.4, 0.5) is 10.1 Å². The van der Waals surface area contributed by atoms with Crippen LogP contribution in [0.5, 0.6) is 0 Å². The van der Waals surface area contributed by atoms with Crippen LogP contribution in [0.15, 0.2) is 18.2 Å². The number of nitro groups is 1. The number of nitrogens with zero attached hydrogens (tertiary/aromatic N) is 1. The summed E-state index contributed by atoms with van der Waals surface area (Å²) in [4.78, 5) is 9.73. The molecule has 4 N–H and O–H groups in total. The molecule has 94 valence electrons. The molecule has 0 saturated carbocycles. The minimum Gasteiger partial charge on any atom is -0.390 e. The molecule has 2 unspecified atom stereocenters. The van der Waals surface area contributed by atoms with Gasteiger partial charge in [-0.3, -0.25) is 10.1 Å². The molecule has 0 saturated heterocycles. The second-order valence-electron chi connectivity index (χ2n) is 3.59. The molecular formula is C10H13FN2O4. The van der Waals surface area contributed by atoms with E-state index in [2.05, 4.69) is 0 Å². The molecule has 1 rings (SSSR count). The van der Waals surface area contributed by atoms with Gasteiger partial charge in [0.05, 0.1) is 17.1 Å². The van der Waals surface area contributed by atoms with Crippen molar-refractivity contribution in [2.75, 3.05) is 6.54 Å². The van der Waals surface area contributed by atoms with E-state index in [0.29, 0.717) is 0 Å². The highest BCUT2D eigenvalue weighted by molar-refractivity contribution is 5.36. The van der Waals surface area contributed by atoms with Gasteiger partial charge in [0.1, 0.15) is 11.9 Å². The van der Waals surface area contributed by atoms with E-state index < -0.39 is 28.6 Å². The first kappa shape index (κ1) is 13.5. The first-order valence-corrected chi connectivity index (χ1v) is 4.96. The smallest absolute Gasteiger partial charge is 0.272 e. The van der Waals surface area contributed by atoms with Crippen molar-refractivity contribution >= 4 is 5.69 Å². The Morgan fingerprint density at radius 2 is 2.06 bits per heavy atom. The largest absolute Gasteiger partial charge is 0.390 e. The van der Waals surface area contributed by atoms with Crippen LogP contribution >= 0.6 is 0 Å². The zero-order valence-corrected chi connectivity index (χ0v) is 8.91. The predicted molar refractivity (Wildman–Crippen MR) is 57.7 cm³/mol. The fourth-order valence-corrected chi connectivity index (χ4v) is 1.42. The minimum atomic E-state index is -1.40. The highest BCUT2D eigenvalue weighted by Gasteiger charge is 2.21. The van der Waals surface area contributed by atoms with Gasteiger partial charge >= 0.3 is 0 Å². The third-order valence-corrected chi connectivity index (χ3v) is 2.28. The Hall–Kier alpha value is -1.57. The summed E-state index contributed by atoms with van der Waals surface area (Å²) in [5.41, 5.74) is 4.68. The first-order valence-electron chi connectivity index (χ1n) is 4.96. The number of nitrogens with two attached hydrogens (primary N) is 1. The van der Waals surface area contributed by atoms with E-state index in [9.17, 15) is 24.7 Å². The minimum absolute atomic E-state index is 0.0438. The van der Waals surface area contributed by atoms with Crippen molar-refractivity contribution < 1.29 is 19.5 Å². The molecule has 0 bridgehead atoms. The standard InChI is InChI=1S/C10H13FN2O4/c11-7-3-6(4-8(5-7)13(16)17)10(15)9(14)1-2-12/h3-5,9-10,14-15H,1-2,12H2. The Morgan fingerprint density at radius 3 is 2.59 bits per heavy atom. The van der Waals surface area contributed by atoms with E-state index in [1.807, 2.05) is 0 Å². The first-order chi connectivity index (χ1) is 7.95. The maximum atomic E-state index is 13.1. The van der Waals surface area contributed by atoms with Crippen molar-refractivity contribution in [3.8, 4) is 0 Å². The lowest BCUT2D eigenvalue weighted by atomic mass is 10.0. The average molecular weight is 244 g/mol. The van der Waals surface area contributed by atoms with Gasteiger partial charge in [0.2, 0.25) is 0 Å². The quantitative estimate of drug-likeness (QED) is 0.515. The van der Waals surface area contributed by atoms with Gasteiger partial charge in [-0.2, -0.15) is 0 Å². The van der Waals surface area contributed by atoms with Crippen LogP contribution in [-0.2, 0) is 0 Å². The van der Waals surface area contributed by atoms with Gasteiger partial charge in [-0.05, 0) is 24.6 Å². The van der Waals surface area contributed by atoms with E-state index in [0.717, 1.165) is 18.2 Å². The maximum Gasteiger partial charge on any atom is 0.272 e. The summed E-state index contributed by atoms with van der Waals surface area (Å²) in [5.74, 6) is -0.840. The van der Waals surface area contributed by atoms with Crippen molar-refractivity contribution in [3.05, 3.63) is 39.7 Å². The molecule has 0 fully saturated rings. The highest BCUT2D eigenvalue weighted by Crippen LogP contribution is 2.24. The molecule has 0 aromatic heterocycles. The Kier molecular flexibility index (Phi) is 4.50. The molecule has 0 radical (unpaired) electrons. The van der Waals surface area contributed by atoms with E-state index in [1.165, 1.54) is 0 Å². The summed E-state index contributed by atoms with van der Waals surface area (Å²) >= 11 is 0. The lowest BCUT2D eigenvalue weighted by Crippen LogP contribution is -2.22. The SMILES string of the molecule is NCCC(O)C(O)c1cc(F)cc([N+](=O)[O-])c1. The third kappa shape index (κ3) is 3.45. The maximum absolute atomic E-state index is 13.1. The van der Waals surface area contributed by atoms with Crippen molar-refractivity contribution in [2.24, 2.45) is 5.73 Å². The van der Waals surface area contributed by atoms with Gasteiger partial charge in [-0.1, -0.05) is 0 Å². The van der Waals surface area contributed by atoms with Gasteiger partial charge in [0.25, 0.3) is 5.69 Å².